The zero-order valence-electron chi connectivity index (χ0n) is 10.2. The first-order valence-corrected chi connectivity index (χ1v) is 6.78. The highest BCUT2D eigenvalue weighted by molar-refractivity contribution is 6.30. The molecule has 0 bridgehead atoms. The number of rotatable bonds is 3. The van der Waals surface area contributed by atoms with Crippen LogP contribution in [0.2, 0.25) is 0 Å². The molecule has 0 radical (unpaired) electrons. The third-order valence-electron chi connectivity index (χ3n) is 3.46. The summed E-state index contributed by atoms with van der Waals surface area (Å²) in [5.74, 6) is 0.552. The highest BCUT2D eigenvalue weighted by Gasteiger charge is 2.35. The first-order valence-electron chi connectivity index (χ1n) is 6.35. The SMILES string of the molecule is CC[C@H](Cl)C(=O)N1CCN(C(=O)C2CC2)CC1. The van der Waals surface area contributed by atoms with Gasteiger partial charge in [0.1, 0.15) is 5.38 Å². The molecular formula is C12H19ClN2O2. The van der Waals surface area contributed by atoms with Crippen molar-refractivity contribution in [3.63, 3.8) is 0 Å². The highest BCUT2D eigenvalue weighted by Crippen LogP contribution is 2.31. The van der Waals surface area contributed by atoms with E-state index in [4.69, 9.17) is 11.6 Å². The number of alkyl halides is 1. The van der Waals surface area contributed by atoms with Crippen LogP contribution >= 0.6 is 11.6 Å². The summed E-state index contributed by atoms with van der Waals surface area (Å²) in [6, 6.07) is 0. The Morgan fingerprint density at radius 2 is 1.71 bits per heavy atom. The number of piperazine rings is 1. The minimum atomic E-state index is -0.416. The summed E-state index contributed by atoms with van der Waals surface area (Å²) in [5.41, 5.74) is 0. The molecule has 2 amide bonds. The molecule has 2 fully saturated rings. The zero-order chi connectivity index (χ0) is 12.4. The molecule has 0 N–H and O–H groups in total. The topological polar surface area (TPSA) is 40.6 Å². The quantitative estimate of drug-likeness (QED) is 0.711. The second-order valence-corrected chi connectivity index (χ2v) is 5.33. The van der Waals surface area contributed by atoms with E-state index < -0.39 is 5.38 Å². The van der Waals surface area contributed by atoms with Gasteiger partial charge in [0.15, 0.2) is 0 Å². The van der Waals surface area contributed by atoms with Crippen molar-refractivity contribution >= 4 is 23.4 Å². The zero-order valence-corrected chi connectivity index (χ0v) is 10.9. The van der Waals surface area contributed by atoms with E-state index in [2.05, 4.69) is 0 Å². The number of carbonyl (C=O) groups is 2. The second-order valence-electron chi connectivity index (χ2n) is 4.80. The molecule has 1 saturated heterocycles. The summed E-state index contributed by atoms with van der Waals surface area (Å²) in [4.78, 5) is 27.3. The van der Waals surface area contributed by atoms with Crippen molar-refractivity contribution in [1.29, 1.82) is 0 Å². The Bertz CT molecular complexity index is 310. The number of hydrogen-bond acceptors (Lipinski definition) is 2. The molecule has 1 aliphatic heterocycles. The van der Waals surface area contributed by atoms with Crippen molar-refractivity contribution in [2.45, 2.75) is 31.6 Å². The van der Waals surface area contributed by atoms with Gasteiger partial charge in [-0.1, -0.05) is 6.92 Å². The fraction of sp³-hybridized carbons (Fsp3) is 0.833. The summed E-state index contributed by atoms with van der Waals surface area (Å²) in [6.07, 6.45) is 2.73. The van der Waals surface area contributed by atoms with E-state index in [1.807, 2.05) is 11.8 Å². The number of hydrogen-bond donors (Lipinski definition) is 0. The molecule has 96 valence electrons. The van der Waals surface area contributed by atoms with E-state index >= 15 is 0 Å². The lowest BCUT2D eigenvalue weighted by Gasteiger charge is -2.35. The lowest BCUT2D eigenvalue weighted by molar-refractivity contribution is -0.140. The van der Waals surface area contributed by atoms with Crippen LogP contribution < -0.4 is 0 Å². The van der Waals surface area contributed by atoms with Crippen LogP contribution in [0.3, 0.4) is 0 Å². The van der Waals surface area contributed by atoms with Gasteiger partial charge in [-0.25, -0.2) is 0 Å². The lowest BCUT2D eigenvalue weighted by atomic mass is 10.2. The van der Waals surface area contributed by atoms with E-state index in [0.717, 1.165) is 12.8 Å². The maximum absolute atomic E-state index is 11.8. The largest absolute Gasteiger partial charge is 0.339 e. The molecule has 17 heavy (non-hydrogen) atoms. The normalized spacial score (nSPS) is 22.5. The monoisotopic (exact) mass is 258 g/mol. The lowest BCUT2D eigenvalue weighted by Crippen LogP contribution is -2.52. The molecule has 0 unspecified atom stereocenters. The Kier molecular flexibility index (Phi) is 3.92. The van der Waals surface area contributed by atoms with Crippen LogP contribution in [0.5, 0.6) is 0 Å². The molecule has 0 aromatic rings. The number of amides is 2. The Labute approximate surface area is 107 Å². The van der Waals surface area contributed by atoms with Gasteiger partial charge >= 0.3 is 0 Å². The minimum absolute atomic E-state index is 0.00712. The average molecular weight is 259 g/mol. The van der Waals surface area contributed by atoms with Crippen LogP contribution in [0, 0.1) is 5.92 Å². The summed E-state index contributed by atoms with van der Waals surface area (Å²) >= 11 is 5.94. The molecule has 2 aliphatic rings. The minimum Gasteiger partial charge on any atom is -0.339 e. The van der Waals surface area contributed by atoms with Gasteiger partial charge in [-0.3, -0.25) is 9.59 Å². The molecule has 0 aromatic carbocycles. The van der Waals surface area contributed by atoms with E-state index in [1.165, 1.54) is 0 Å². The van der Waals surface area contributed by atoms with Crippen molar-refractivity contribution in [1.82, 2.24) is 9.80 Å². The third-order valence-corrected chi connectivity index (χ3v) is 3.95. The second kappa shape index (κ2) is 5.25. The molecular weight excluding hydrogens is 240 g/mol. The summed E-state index contributed by atoms with van der Waals surface area (Å²) < 4.78 is 0. The molecule has 2 rings (SSSR count). The van der Waals surface area contributed by atoms with Crippen molar-refractivity contribution < 1.29 is 9.59 Å². The number of halogens is 1. The Balaban J connectivity index is 1.81. The van der Waals surface area contributed by atoms with E-state index in [0.29, 0.717) is 32.6 Å². The van der Waals surface area contributed by atoms with E-state index in [9.17, 15) is 9.59 Å². The van der Waals surface area contributed by atoms with Gasteiger partial charge in [0, 0.05) is 32.1 Å². The number of nitrogens with zero attached hydrogens (tertiary/aromatic N) is 2. The average Bonchev–Trinajstić information content (AvgIpc) is 3.20. The predicted octanol–water partition coefficient (Wildman–Crippen LogP) is 1.08. The van der Waals surface area contributed by atoms with Gasteiger partial charge in [-0.05, 0) is 19.3 Å². The summed E-state index contributed by atoms with van der Waals surface area (Å²) in [5, 5.41) is -0.416. The fourth-order valence-corrected chi connectivity index (χ4v) is 2.25. The molecule has 1 heterocycles. The van der Waals surface area contributed by atoms with Crippen LogP contribution in [-0.2, 0) is 9.59 Å². The van der Waals surface area contributed by atoms with Crippen molar-refractivity contribution in [3.05, 3.63) is 0 Å². The third kappa shape index (κ3) is 2.92. The molecule has 5 heteroatoms. The van der Waals surface area contributed by atoms with Crippen LogP contribution in [0.1, 0.15) is 26.2 Å². The first kappa shape index (κ1) is 12.7. The molecule has 1 atom stereocenters. The smallest absolute Gasteiger partial charge is 0.240 e. The van der Waals surface area contributed by atoms with Crippen molar-refractivity contribution in [2.24, 2.45) is 5.92 Å². The van der Waals surface area contributed by atoms with Gasteiger partial charge in [0.2, 0.25) is 11.8 Å². The molecule has 0 spiro atoms. The maximum Gasteiger partial charge on any atom is 0.240 e. The van der Waals surface area contributed by atoms with Crippen LogP contribution in [0.15, 0.2) is 0 Å². The van der Waals surface area contributed by atoms with Gasteiger partial charge in [0.25, 0.3) is 0 Å². The van der Waals surface area contributed by atoms with Gasteiger partial charge in [-0.2, -0.15) is 0 Å². The summed E-state index contributed by atoms with van der Waals surface area (Å²) in [7, 11) is 0. The standard InChI is InChI=1S/C12H19ClN2O2/c1-2-10(13)12(17)15-7-5-14(6-8-15)11(16)9-3-4-9/h9-10H,2-8H2,1H3/t10-/m0/s1. The van der Waals surface area contributed by atoms with Gasteiger partial charge < -0.3 is 9.80 Å². The van der Waals surface area contributed by atoms with Gasteiger partial charge in [0.05, 0.1) is 0 Å². The number of carbonyl (C=O) groups excluding carboxylic acids is 2. The Hall–Kier alpha value is -0.770. The van der Waals surface area contributed by atoms with Crippen LogP contribution in [0.25, 0.3) is 0 Å². The van der Waals surface area contributed by atoms with Crippen LogP contribution in [0.4, 0.5) is 0 Å². The van der Waals surface area contributed by atoms with E-state index in [1.54, 1.807) is 4.90 Å². The van der Waals surface area contributed by atoms with Crippen LogP contribution in [-0.4, -0.2) is 53.2 Å². The fourth-order valence-electron chi connectivity index (χ4n) is 2.11. The van der Waals surface area contributed by atoms with Crippen molar-refractivity contribution in [3.8, 4) is 0 Å². The molecule has 0 aromatic heterocycles. The Morgan fingerprint density at radius 1 is 1.18 bits per heavy atom. The first-order chi connectivity index (χ1) is 8.13. The van der Waals surface area contributed by atoms with Crippen molar-refractivity contribution in [2.75, 3.05) is 26.2 Å². The predicted molar refractivity (Wildman–Crippen MR) is 65.8 cm³/mol. The highest BCUT2D eigenvalue weighted by atomic mass is 35.5. The Morgan fingerprint density at radius 3 is 2.18 bits per heavy atom. The summed E-state index contributed by atoms with van der Waals surface area (Å²) in [6.45, 7) is 4.48. The molecule has 4 nitrogen and oxygen atoms in total. The maximum atomic E-state index is 11.8. The van der Waals surface area contributed by atoms with E-state index in [-0.39, 0.29) is 17.7 Å². The molecule has 1 aliphatic carbocycles. The van der Waals surface area contributed by atoms with Gasteiger partial charge in [-0.15, -0.1) is 11.6 Å². The molecule has 1 saturated carbocycles.